The van der Waals surface area contributed by atoms with Crippen LogP contribution in [-0.4, -0.2) is 6.54 Å². The molecule has 0 aliphatic carbocycles. The van der Waals surface area contributed by atoms with E-state index < -0.39 is 0 Å². The van der Waals surface area contributed by atoms with Crippen molar-refractivity contribution < 1.29 is 0 Å². The first kappa shape index (κ1) is 27.2. The van der Waals surface area contributed by atoms with Gasteiger partial charge in [-0.3, -0.25) is 0 Å². The van der Waals surface area contributed by atoms with Crippen LogP contribution in [0.2, 0.25) is 0 Å². The van der Waals surface area contributed by atoms with E-state index in [-0.39, 0.29) is 17.8 Å². The molecule has 2 heteroatoms. The van der Waals surface area contributed by atoms with Crippen molar-refractivity contribution in [1.82, 2.24) is 0 Å². The SMILES string of the molecule is Cl.NCCCCCCCCCC(Cc1ccccc1)(Cc1ccccc1)Cc1ccccc1. The highest BCUT2D eigenvalue weighted by Crippen LogP contribution is 2.37. The second-order valence-corrected chi connectivity index (χ2v) is 9.50. The third-order valence-corrected chi connectivity index (χ3v) is 6.68. The van der Waals surface area contributed by atoms with Gasteiger partial charge in [0.2, 0.25) is 0 Å². The van der Waals surface area contributed by atoms with Crippen LogP contribution in [0.25, 0.3) is 0 Å². The summed E-state index contributed by atoms with van der Waals surface area (Å²) in [4.78, 5) is 0. The van der Waals surface area contributed by atoms with Crippen LogP contribution in [0, 0.1) is 5.41 Å². The van der Waals surface area contributed by atoms with E-state index in [2.05, 4.69) is 91.0 Å². The highest BCUT2D eigenvalue weighted by atomic mass is 35.5. The second-order valence-electron chi connectivity index (χ2n) is 9.50. The summed E-state index contributed by atoms with van der Waals surface area (Å²) in [7, 11) is 0. The van der Waals surface area contributed by atoms with Crippen LogP contribution in [0.15, 0.2) is 91.0 Å². The molecule has 0 aliphatic heterocycles. The molecule has 0 atom stereocenters. The van der Waals surface area contributed by atoms with E-state index in [9.17, 15) is 0 Å². The Labute approximate surface area is 208 Å². The lowest BCUT2D eigenvalue weighted by molar-refractivity contribution is 0.243. The van der Waals surface area contributed by atoms with Gasteiger partial charge < -0.3 is 5.73 Å². The number of halogens is 1. The zero-order valence-electron chi connectivity index (χ0n) is 20.1. The summed E-state index contributed by atoms with van der Waals surface area (Å²) in [6.07, 6.45) is 13.8. The van der Waals surface area contributed by atoms with Gasteiger partial charge in [0.15, 0.2) is 0 Å². The van der Waals surface area contributed by atoms with E-state index in [4.69, 9.17) is 5.73 Å². The average molecular weight is 464 g/mol. The smallest absolute Gasteiger partial charge is 0.00773 e. The van der Waals surface area contributed by atoms with Crippen LogP contribution in [0.3, 0.4) is 0 Å². The van der Waals surface area contributed by atoms with Crippen molar-refractivity contribution in [3.05, 3.63) is 108 Å². The fourth-order valence-corrected chi connectivity index (χ4v) is 5.07. The third-order valence-electron chi connectivity index (χ3n) is 6.68. The average Bonchev–Trinajstić information content (AvgIpc) is 2.83. The molecule has 33 heavy (non-hydrogen) atoms. The molecule has 1 nitrogen and oxygen atoms in total. The number of benzene rings is 3. The van der Waals surface area contributed by atoms with Crippen molar-refractivity contribution in [3.63, 3.8) is 0 Å². The minimum Gasteiger partial charge on any atom is -0.330 e. The molecule has 2 N–H and O–H groups in total. The van der Waals surface area contributed by atoms with E-state index in [0.717, 1.165) is 25.8 Å². The Balaban J connectivity index is 0.00000385. The van der Waals surface area contributed by atoms with Gasteiger partial charge in [0, 0.05) is 0 Å². The lowest BCUT2D eigenvalue weighted by Crippen LogP contribution is -2.30. The van der Waals surface area contributed by atoms with E-state index in [1.807, 2.05) is 0 Å². The molecule has 0 radical (unpaired) electrons. The van der Waals surface area contributed by atoms with Crippen molar-refractivity contribution in [2.45, 2.75) is 70.6 Å². The van der Waals surface area contributed by atoms with Crippen molar-refractivity contribution >= 4 is 12.4 Å². The molecule has 178 valence electrons. The zero-order chi connectivity index (χ0) is 22.3. The van der Waals surface area contributed by atoms with Gasteiger partial charge in [0.1, 0.15) is 0 Å². The summed E-state index contributed by atoms with van der Waals surface area (Å²) in [5, 5.41) is 0. The summed E-state index contributed by atoms with van der Waals surface area (Å²) in [6.45, 7) is 0.834. The number of unbranched alkanes of at least 4 members (excludes halogenated alkanes) is 6. The summed E-state index contributed by atoms with van der Waals surface area (Å²) in [6, 6.07) is 33.4. The molecule has 0 bridgehead atoms. The molecular formula is C31H42ClN. The topological polar surface area (TPSA) is 26.0 Å². The van der Waals surface area contributed by atoms with Crippen molar-refractivity contribution in [2.24, 2.45) is 11.1 Å². The highest BCUT2D eigenvalue weighted by molar-refractivity contribution is 5.85. The standard InChI is InChI=1S/C31H41N.ClH/c32-24-16-5-3-1-2-4-15-23-31(25-28-17-9-6-10-18-28,26-29-19-11-7-12-20-29)27-30-21-13-8-14-22-30;/h6-14,17-22H,1-5,15-16,23-27,32H2;1H. The maximum absolute atomic E-state index is 5.63. The number of nitrogens with two attached hydrogens (primary N) is 1. The molecule has 0 aromatic heterocycles. The third kappa shape index (κ3) is 10.2. The molecule has 3 rings (SSSR count). The summed E-state index contributed by atoms with van der Waals surface area (Å²) >= 11 is 0. The monoisotopic (exact) mass is 463 g/mol. The van der Waals surface area contributed by atoms with Gasteiger partial charge in [-0.05, 0) is 60.8 Å². The van der Waals surface area contributed by atoms with Gasteiger partial charge in [-0.2, -0.15) is 0 Å². The van der Waals surface area contributed by atoms with Gasteiger partial charge in [-0.1, -0.05) is 130 Å². The van der Waals surface area contributed by atoms with E-state index in [0.29, 0.717) is 0 Å². The number of hydrogen-bond donors (Lipinski definition) is 1. The van der Waals surface area contributed by atoms with Gasteiger partial charge in [-0.15, -0.1) is 12.4 Å². The van der Waals surface area contributed by atoms with Gasteiger partial charge in [0.05, 0.1) is 0 Å². The molecule has 0 saturated carbocycles. The Kier molecular flexibility index (Phi) is 12.9. The Morgan fingerprint density at radius 2 is 0.788 bits per heavy atom. The summed E-state index contributed by atoms with van der Waals surface area (Å²) in [5.41, 5.74) is 10.2. The molecule has 0 saturated heterocycles. The van der Waals surface area contributed by atoms with Gasteiger partial charge in [0.25, 0.3) is 0 Å². The molecule has 0 heterocycles. The molecule has 0 spiro atoms. The minimum absolute atomic E-state index is 0. The Hall–Kier alpha value is -2.09. The Morgan fingerprint density at radius 1 is 0.455 bits per heavy atom. The van der Waals surface area contributed by atoms with E-state index >= 15 is 0 Å². The maximum Gasteiger partial charge on any atom is -0.00773 e. The lowest BCUT2D eigenvalue weighted by atomic mass is 9.69. The van der Waals surface area contributed by atoms with Crippen molar-refractivity contribution in [2.75, 3.05) is 6.54 Å². The van der Waals surface area contributed by atoms with Gasteiger partial charge >= 0.3 is 0 Å². The van der Waals surface area contributed by atoms with Crippen LogP contribution < -0.4 is 5.73 Å². The molecule has 0 aliphatic rings. The van der Waals surface area contributed by atoms with Crippen molar-refractivity contribution in [3.8, 4) is 0 Å². The highest BCUT2D eigenvalue weighted by Gasteiger charge is 2.30. The summed E-state index contributed by atoms with van der Waals surface area (Å²) < 4.78 is 0. The largest absolute Gasteiger partial charge is 0.330 e. The molecule has 0 unspecified atom stereocenters. The Morgan fingerprint density at radius 3 is 1.15 bits per heavy atom. The second kappa shape index (κ2) is 15.7. The molecule has 0 fully saturated rings. The quantitative estimate of drug-likeness (QED) is 0.226. The fraction of sp³-hybridized carbons (Fsp3) is 0.419. The normalized spacial score (nSPS) is 11.2. The summed E-state index contributed by atoms with van der Waals surface area (Å²) in [5.74, 6) is 0. The predicted octanol–water partition coefficient (Wildman–Crippen LogP) is 8.20. The molecule has 0 amide bonds. The van der Waals surface area contributed by atoms with Gasteiger partial charge in [-0.25, -0.2) is 0 Å². The predicted molar refractivity (Wildman–Crippen MR) is 146 cm³/mol. The van der Waals surface area contributed by atoms with Crippen LogP contribution in [0.4, 0.5) is 0 Å². The van der Waals surface area contributed by atoms with Crippen LogP contribution >= 0.6 is 12.4 Å². The van der Waals surface area contributed by atoms with E-state index in [1.54, 1.807) is 0 Å². The van der Waals surface area contributed by atoms with Crippen LogP contribution in [-0.2, 0) is 19.3 Å². The Bertz CT molecular complexity index is 746. The molecule has 3 aromatic carbocycles. The van der Waals surface area contributed by atoms with Crippen LogP contribution in [0.1, 0.15) is 68.1 Å². The number of rotatable bonds is 15. The zero-order valence-corrected chi connectivity index (χ0v) is 20.9. The van der Waals surface area contributed by atoms with E-state index in [1.165, 1.54) is 68.1 Å². The first-order chi connectivity index (χ1) is 15.8. The first-order valence-electron chi connectivity index (χ1n) is 12.6. The fourth-order valence-electron chi connectivity index (χ4n) is 5.07. The maximum atomic E-state index is 5.63. The lowest BCUT2D eigenvalue weighted by Gasteiger charge is -2.35. The molecular weight excluding hydrogens is 422 g/mol. The molecule has 3 aromatic rings. The van der Waals surface area contributed by atoms with Crippen molar-refractivity contribution in [1.29, 1.82) is 0 Å². The van der Waals surface area contributed by atoms with Crippen LogP contribution in [0.5, 0.6) is 0 Å². The first-order valence-corrected chi connectivity index (χ1v) is 12.6. The minimum atomic E-state index is 0. The number of hydrogen-bond acceptors (Lipinski definition) is 1.